The van der Waals surface area contributed by atoms with E-state index in [4.69, 9.17) is 10.5 Å². The Morgan fingerprint density at radius 2 is 2.38 bits per heavy atom. The molecule has 1 amide bonds. The lowest BCUT2D eigenvalue weighted by atomic mass is 10.0. The summed E-state index contributed by atoms with van der Waals surface area (Å²) in [4.78, 5) is 14.2. The van der Waals surface area contributed by atoms with Crippen molar-refractivity contribution in [3.8, 4) is 0 Å². The Balaban J connectivity index is 1.96. The van der Waals surface area contributed by atoms with Crippen molar-refractivity contribution < 1.29 is 9.53 Å². The van der Waals surface area contributed by atoms with Crippen LogP contribution in [0.1, 0.15) is 33.1 Å². The second-order valence-corrected chi connectivity index (χ2v) is 5.34. The molecule has 0 aromatic carbocycles. The highest BCUT2D eigenvalue weighted by molar-refractivity contribution is 5.85. The van der Waals surface area contributed by atoms with Gasteiger partial charge in [-0.2, -0.15) is 0 Å². The van der Waals surface area contributed by atoms with Gasteiger partial charge in [0, 0.05) is 25.7 Å². The normalized spacial score (nSPS) is 36.7. The summed E-state index contributed by atoms with van der Waals surface area (Å²) in [6.07, 6.45) is 2.87. The van der Waals surface area contributed by atoms with Gasteiger partial charge >= 0.3 is 0 Å². The molecule has 92 valence electrons. The van der Waals surface area contributed by atoms with Crippen LogP contribution >= 0.6 is 0 Å². The van der Waals surface area contributed by atoms with Gasteiger partial charge in [-0.15, -0.1) is 0 Å². The van der Waals surface area contributed by atoms with E-state index >= 15 is 0 Å². The summed E-state index contributed by atoms with van der Waals surface area (Å²) in [7, 11) is 0. The van der Waals surface area contributed by atoms with E-state index in [0.29, 0.717) is 12.5 Å². The van der Waals surface area contributed by atoms with Crippen molar-refractivity contribution in [2.24, 2.45) is 11.7 Å². The van der Waals surface area contributed by atoms with Gasteiger partial charge in [0.15, 0.2) is 0 Å². The summed E-state index contributed by atoms with van der Waals surface area (Å²) in [5.41, 5.74) is 5.31. The third-order valence-corrected chi connectivity index (χ3v) is 3.93. The average molecular weight is 226 g/mol. The van der Waals surface area contributed by atoms with E-state index < -0.39 is 5.60 Å². The molecule has 0 aliphatic carbocycles. The smallest absolute Gasteiger partial charge is 0.254 e. The summed E-state index contributed by atoms with van der Waals surface area (Å²) in [5, 5.41) is 0. The first-order chi connectivity index (χ1) is 7.53. The molecule has 0 spiro atoms. The fourth-order valence-electron chi connectivity index (χ4n) is 2.68. The van der Waals surface area contributed by atoms with Crippen LogP contribution in [0.5, 0.6) is 0 Å². The lowest BCUT2D eigenvalue weighted by molar-refractivity contribution is -0.150. The minimum absolute atomic E-state index is 0.160. The molecule has 0 aromatic heterocycles. The first kappa shape index (κ1) is 11.9. The monoisotopic (exact) mass is 226 g/mol. The minimum atomic E-state index is -0.563. The van der Waals surface area contributed by atoms with Gasteiger partial charge in [0.1, 0.15) is 5.60 Å². The molecule has 2 aliphatic heterocycles. The van der Waals surface area contributed by atoms with Crippen LogP contribution < -0.4 is 5.73 Å². The standard InChI is InChI=1S/C12H22N2O2/c1-9(13)10-4-6-14(8-10)11(15)12(2)5-3-7-16-12/h9-10H,3-8,13H2,1-2H3. The first-order valence-corrected chi connectivity index (χ1v) is 6.22. The average Bonchev–Trinajstić information content (AvgIpc) is 2.85. The Morgan fingerprint density at radius 3 is 2.88 bits per heavy atom. The predicted molar refractivity (Wildman–Crippen MR) is 61.9 cm³/mol. The molecule has 3 unspecified atom stereocenters. The van der Waals surface area contributed by atoms with Crippen molar-refractivity contribution in [2.75, 3.05) is 19.7 Å². The van der Waals surface area contributed by atoms with Gasteiger partial charge in [0.25, 0.3) is 5.91 Å². The molecule has 0 saturated carbocycles. The molecule has 2 N–H and O–H groups in total. The number of amides is 1. The largest absolute Gasteiger partial charge is 0.365 e. The highest BCUT2D eigenvalue weighted by Crippen LogP contribution is 2.30. The van der Waals surface area contributed by atoms with Crippen LogP contribution in [0.3, 0.4) is 0 Å². The molecule has 0 aromatic rings. The van der Waals surface area contributed by atoms with Crippen molar-refractivity contribution >= 4 is 5.91 Å². The summed E-state index contributed by atoms with van der Waals surface area (Å²) in [5.74, 6) is 0.613. The van der Waals surface area contributed by atoms with Crippen LogP contribution in [0.25, 0.3) is 0 Å². The zero-order valence-corrected chi connectivity index (χ0v) is 10.2. The molecular weight excluding hydrogens is 204 g/mol. The lowest BCUT2D eigenvalue weighted by Gasteiger charge is -2.28. The van der Waals surface area contributed by atoms with Crippen LogP contribution in [-0.4, -0.2) is 42.1 Å². The van der Waals surface area contributed by atoms with Crippen LogP contribution in [-0.2, 0) is 9.53 Å². The molecule has 2 saturated heterocycles. The fourth-order valence-corrected chi connectivity index (χ4v) is 2.68. The van der Waals surface area contributed by atoms with E-state index in [2.05, 4.69) is 0 Å². The third-order valence-electron chi connectivity index (χ3n) is 3.93. The zero-order valence-electron chi connectivity index (χ0n) is 10.2. The van der Waals surface area contributed by atoms with Crippen LogP contribution in [0, 0.1) is 5.92 Å². The number of ether oxygens (including phenoxy) is 1. The summed E-state index contributed by atoms with van der Waals surface area (Å²) in [6, 6.07) is 0.176. The number of carbonyl (C=O) groups excluding carboxylic acids is 1. The van der Waals surface area contributed by atoms with Crippen LogP contribution in [0.4, 0.5) is 0 Å². The molecular formula is C12H22N2O2. The van der Waals surface area contributed by atoms with Gasteiger partial charge in [0.2, 0.25) is 0 Å². The van der Waals surface area contributed by atoms with Crippen molar-refractivity contribution in [1.82, 2.24) is 4.90 Å². The number of carbonyl (C=O) groups is 1. The topological polar surface area (TPSA) is 55.6 Å². The van der Waals surface area contributed by atoms with E-state index in [0.717, 1.165) is 32.4 Å². The molecule has 0 radical (unpaired) electrons. The van der Waals surface area contributed by atoms with Gasteiger partial charge in [-0.3, -0.25) is 4.79 Å². The number of nitrogens with two attached hydrogens (primary N) is 1. The van der Waals surface area contributed by atoms with Gasteiger partial charge in [0.05, 0.1) is 0 Å². The van der Waals surface area contributed by atoms with E-state index in [1.54, 1.807) is 0 Å². The molecule has 4 nitrogen and oxygen atoms in total. The first-order valence-electron chi connectivity index (χ1n) is 6.22. The van der Waals surface area contributed by atoms with Gasteiger partial charge in [-0.05, 0) is 39.0 Å². The fraction of sp³-hybridized carbons (Fsp3) is 0.917. The minimum Gasteiger partial charge on any atom is -0.365 e. The summed E-state index contributed by atoms with van der Waals surface area (Å²) >= 11 is 0. The van der Waals surface area contributed by atoms with E-state index in [1.807, 2.05) is 18.7 Å². The van der Waals surface area contributed by atoms with Crippen molar-refractivity contribution in [3.05, 3.63) is 0 Å². The van der Waals surface area contributed by atoms with E-state index in [9.17, 15) is 4.79 Å². The summed E-state index contributed by atoms with van der Waals surface area (Å²) < 4.78 is 5.59. The van der Waals surface area contributed by atoms with Gasteiger partial charge < -0.3 is 15.4 Å². The number of hydrogen-bond acceptors (Lipinski definition) is 3. The van der Waals surface area contributed by atoms with Crippen molar-refractivity contribution in [2.45, 2.75) is 44.8 Å². The molecule has 0 bridgehead atoms. The van der Waals surface area contributed by atoms with Crippen molar-refractivity contribution in [1.29, 1.82) is 0 Å². The Hall–Kier alpha value is -0.610. The predicted octanol–water partition coefficient (Wildman–Crippen LogP) is 0.751. The summed E-state index contributed by atoms with van der Waals surface area (Å²) in [6.45, 7) is 6.29. The van der Waals surface area contributed by atoms with E-state index in [-0.39, 0.29) is 11.9 Å². The molecule has 16 heavy (non-hydrogen) atoms. The number of rotatable bonds is 2. The maximum Gasteiger partial charge on any atom is 0.254 e. The highest BCUT2D eigenvalue weighted by atomic mass is 16.5. The SMILES string of the molecule is CC(N)C1CCN(C(=O)C2(C)CCCO2)C1. The Kier molecular flexibility index (Phi) is 3.22. The second-order valence-electron chi connectivity index (χ2n) is 5.34. The molecule has 3 atom stereocenters. The Bertz CT molecular complexity index is 272. The van der Waals surface area contributed by atoms with Crippen LogP contribution in [0.15, 0.2) is 0 Å². The maximum absolute atomic E-state index is 12.3. The van der Waals surface area contributed by atoms with Crippen molar-refractivity contribution in [3.63, 3.8) is 0 Å². The van der Waals surface area contributed by atoms with E-state index in [1.165, 1.54) is 0 Å². The zero-order chi connectivity index (χ0) is 11.8. The maximum atomic E-state index is 12.3. The lowest BCUT2D eigenvalue weighted by Crippen LogP contribution is -2.46. The highest BCUT2D eigenvalue weighted by Gasteiger charge is 2.42. The molecule has 2 rings (SSSR count). The van der Waals surface area contributed by atoms with Gasteiger partial charge in [-0.25, -0.2) is 0 Å². The van der Waals surface area contributed by atoms with Crippen LogP contribution in [0.2, 0.25) is 0 Å². The number of hydrogen-bond donors (Lipinski definition) is 1. The third kappa shape index (κ3) is 2.09. The number of nitrogens with zero attached hydrogens (tertiary/aromatic N) is 1. The molecule has 2 heterocycles. The Labute approximate surface area is 97.1 Å². The molecule has 2 fully saturated rings. The molecule has 2 aliphatic rings. The van der Waals surface area contributed by atoms with Gasteiger partial charge in [-0.1, -0.05) is 0 Å². The number of likely N-dealkylation sites (tertiary alicyclic amines) is 1. The quantitative estimate of drug-likeness (QED) is 0.756. The molecule has 4 heteroatoms. The second kappa shape index (κ2) is 4.34. The Morgan fingerprint density at radius 1 is 1.62 bits per heavy atom.